The summed E-state index contributed by atoms with van der Waals surface area (Å²) in [5, 5.41) is 2.98. The van der Waals surface area contributed by atoms with Gasteiger partial charge in [-0.2, -0.15) is 0 Å². The highest BCUT2D eigenvalue weighted by molar-refractivity contribution is 5.81. The van der Waals surface area contributed by atoms with E-state index in [1.165, 1.54) is 0 Å². The SMILES string of the molecule is O=C(NC[C@H](c1ccco1)N1CCOCC1)[C@H]1COc2ccccc2O1. The Hall–Kier alpha value is -2.51. The number of furan rings is 1. The minimum Gasteiger partial charge on any atom is -0.485 e. The molecule has 7 nitrogen and oxygen atoms in total. The van der Waals surface area contributed by atoms with Gasteiger partial charge in [0.15, 0.2) is 11.5 Å². The van der Waals surface area contributed by atoms with Crippen LogP contribution in [0.2, 0.25) is 0 Å². The Morgan fingerprint density at radius 1 is 1.15 bits per heavy atom. The number of carbonyl (C=O) groups excluding carboxylic acids is 1. The molecule has 1 amide bonds. The van der Waals surface area contributed by atoms with Crippen LogP contribution in [-0.4, -0.2) is 56.4 Å². The van der Waals surface area contributed by atoms with Crippen molar-refractivity contribution in [1.82, 2.24) is 10.2 Å². The second-order valence-corrected chi connectivity index (χ2v) is 6.29. The van der Waals surface area contributed by atoms with Gasteiger partial charge in [-0.1, -0.05) is 12.1 Å². The van der Waals surface area contributed by atoms with Gasteiger partial charge in [0, 0.05) is 19.6 Å². The molecule has 2 atom stereocenters. The number of benzene rings is 1. The molecule has 2 aliphatic heterocycles. The highest BCUT2D eigenvalue weighted by atomic mass is 16.6. The Morgan fingerprint density at radius 2 is 1.96 bits per heavy atom. The van der Waals surface area contributed by atoms with Gasteiger partial charge in [-0.05, 0) is 24.3 Å². The third-order valence-corrected chi connectivity index (χ3v) is 4.63. The lowest BCUT2D eigenvalue weighted by atomic mass is 10.1. The Balaban J connectivity index is 1.39. The van der Waals surface area contributed by atoms with Crippen molar-refractivity contribution < 1.29 is 23.4 Å². The van der Waals surface area contributed by atoms with Crippen LogP contribution in [0.4, 0.5) is 0 Å². The molecule has 4 rings (SSSR count). The molecule has 138 valence electrons. The fourth-order valence-electron chi connectivity index (χ4n) is 3.24. The second kappa shape index (κ2) is 7.80. The van der Waals surface area contributed by atoms with E-state index in [1.54, 1.807) is 12.3 Å². The third-order valence-electron chi connectivity index (χ3n) is 4.63. The first-order chi connectivity index (χ1) is 12.8. The van der Waals surface area contributed by atoms with Crippen LogP contribution in [0, 0.1) is 0 Å². The van der Waals surface area contributed by atoms with E-state index in [9.17, 15) is 4.79 Å². The molecular formula is C19H22N2O5. The molecule has 0 spiro atoms. The van der Waals surface area contributed by atoms with Gasteiger partial charge in [0.05, 0.1) is 25.5 Å². The van der Waals surface area contributed by atoms with E-state index in [4.69, 9.17) is 18.6 Å². The van der Waals surface area contributed by atoms with E-state index in [-0.39, 0.29) is 18.6 Å². The summed E-state index contributed by atoms with van der Waals surface area (Å²) in [5.41, 5.74) is 0. The molecule has 26 heavy (non-hydrogen) atoms. The predicted octanol–water partition coefficient (Wildman–Crippen LogP) is 1.61. The van der Waals surface area contributed by atoms with Crippen LogP contribution >= 0.6 is 0 Å². The number of ether oxygens (including phenoxy) is 3. The van der Waals surface area contributed by atoms with E-state index in [0.29, 0.717) is 31.3 Å². The van der Waals surface area contributed by atoms with Gasteiger partial charge in [0.1, 0.15) is 12.4 Å². The molecule has 7 heteroatoms. The summed E-state index contributed by atoms with van der Waals surface area (Å²) in [6.45, 7) is 3.61. The highest BCUT2D eigenvalue weighted by Crippen LogP contribution is 2.31. The van der Waals surface area contributed by atoms with Gasteiger partial charge in [-0.15, -0.1) is 0 Å². The summed E-state index contributed by atoms with van der Waals surface area (Å²) in [4.78, 5) is 14.8. The smallest absolute Gasteiger partial charge is 0.264 e. The summed E-state index contributed by atoms with van der Waals surface area (Å²) in [6, 6.07) is 11.1. The summed E-state index contributed by atoms with van der Waals surface area (Å²) >= 11 is 0. The van der Waals surface area contributed by atoms with Gasteiger partial charge >= 0.3 is 0 Å². The summed E-state index contributed by atoms with van der Waals surface area (Å²) < 4.78 is 22.4. The van der Waals surface area contributed by atoms with Crippen LogP contribution < -0.4 is 14.8 Å². The molecule has 0 saturated carbocycles. The maximum absolute atomic E-state index is 12.6. The van der Waals surface area contributed by atoms with Crippen LogP contribution in [0.3, 0.4) is 0 Å². The maximum Gasteiger partial charge on any atom is 0.264 e. The Morgan fingerprint density at radius 3 is 2.73 bits per heavy atom. The zero-order valence-electron chi connectivity index (χ0n) is 14.4. The van der Waals surface area contributed by atoms with E-state index < -0.39 is 6.10 Å². The lowest BCUT2D eigenvalue weighted by Gasteiger charge is -2.34. The third kappa shape index (κ3) is 3.68. The van der Waals surface area contributed by atoms with Crippen LogP contribution in [-0.2, 0) is 9.53 Å². The second-order valence-electron chi connectivity index (χ2n) is 6.29. The number of nitrogens with zero attached hydrogens (tertiary/aromatic N) is 1. The molecule has 1 aromatic heterocycles. The predicted molar refractivity (Wildman–Crippen MR) is 93.2 cm³/mol. The van der Waals surface area contributed by atoms with Gasteiger partial charge in [-0.3, -0.25) is 9.69 Å². The zero-order chi connectivity index (χ0) is 17.8. The highest BCUT2D eigenvalue weighted by Gasteiger charge is 2.30. The summed E-state index contributed by atoms with van der Waals surface area (Å²) in [7, 11) is 0. The van der Waals surface area contributed by atoms with Crippen molar-refractivity contribution in [3.8, 4) is 11.5 Å². The number of rotatable bonds is 5. The van der Waals surface area contributed by atoms with Crippen molar-refractivity contribution in [3.63, 3.8) is 0 Å². The number of morpholine rings is 1. The standard InChI is InChI=1S/C19H22N2O5/c22-19(18-13-25-16-4-1-2-5-17(16)26-18)20-12-14(15-6-3-9-24-15)21-7-10-23-11-8-21/h1-6,9,14,18H,7-8,10-13H2,(H,20,22)/t14-,18-/m1/s1. The number of fused-ring (bicyclic) bond motifs is 1. The van der Waals surface area contributed by atoms with Gasteiger partial charge in [0.25, 0.3) is 5.91 Å². The number of carbonyl (C=O) groups is 1. The fourth-order valence-corrected chi connectivity index (χ4v) is 3.24. The Kier molecular flexibility index (Phi) is 5.08. The molecule has 1 aromatic carbocycles. The van der Waals surface area contributed by atoms with E-state index in [1.807, 2.05) is 30.3 Å². The Labute approximate surface area is 151 Å². The molecule has 0 aliphatic carbocycles. The van der Waals surface area contributed by atoms with Crippen LogP contribution in [0.5, 0.6) is 11.5 Å². The first kappa shape index (κ1) is 16.9. The molecule has 2 aliphatic rings. The first-order valence-corrected chi connectivity index (χ1v) is 8.82. The maximum atomic E-state index is 12.6. The molecule has 0 bridgehead atoms. The molecule has 0 radical (unpaired) electrons. The molecular weight excluding hydrogens is 336 g/mol. The van der Waals surface area contributed by atoms with Gasteiger partial charge < -0.3 is 23.9 Å². The van der Waals surface area contributed by atoms with Crippen LogP contribution in [0.1, 0.15) is 11.8 Å². The number of amides is 1. The topological polar surface area (TPSA) is 73.2 Å². The first-order valence-electron chi connectivity index (χ1n) is 8.82. The molecule has 2 aromatic rings. The van der Waals surface area contributed by atoms with Crippen molar-refractivity contribution in [2.45, 2.75) is 12.1 Å². The minimum atomic E-state index is -0.660. The van der Waals surface area contributed by atoms with E-state index in [0.717, 1.165) is 18.8 Å². The summed E-state index contributed by atoms with van der Waals surface area (Å²) in [6.07, 6.45) is 0.992. The van der Waals surface area contributed by atoms with Crippen LogP contribution in [0.25, 0.3) is 0 Å². The monoisotopic (exact) mass is 358 g/mol. The van der Waals surface area contributed by atoms with Crippen molar-refractivity contribution in [3.05, 3.63) is 48.4 Å². The van der Waals surface area contributed by atoms with Gasteiger partial charge in [-0.25, -0.2) is 0 Å². The lowest BCUT2D eigenvalue weighted by molar-refractivity contribution is -0.130. The van der Waals surface area contributed by atoms with Gasteiger partial charge in [0.2, 0.25) is 6.10 Å². The molecule has 1 fully saturated rings. The number of para-hydroxylation sites is 2. The average molecular weight is 358 g/mol. The number of hydrogen-bond acceptors (Lipinski definition) is 6. The normalized spacial score (nSPS) is 21.2. The molecule has 3 heterocycles. The van der Waals surface area contributed by atoms with Crippen molar-refractivity contribution in [2.75, 3.05) is 39.5 Å². The van der Waals surface area contributed by atoms with Crippen molar-refractivity contribution >= 4 is 5.91 Å². The van der Waals surface area contributed by atoms with Crippen LogP contribution in [0.15, 0.2) is 47.1 Å². The number of nitrogens with one attached hydrogen (secondary N) is 1. The molecule has 1 N–H and O–H groups in total. The molecule has 1 saturated heterocycles. The number of hydrogen-bond donors (Lipinski definition) is 1. The fraction of sp³-hybridized carbons (Fsp3) is 0.421. The summed E-state index contributed by atoms with van der Waals surface area (Å²) in [5.74, 6) is 1.90. The van der Waals surface area contributed by atoms with E-state index in [2.05, 4.69) is 10.2 Å². The quantitative estimate of drug-likeness (QED) is 0.875. The Bertz CT molecular complexity index is 727. The van der Waals surface area contributed by atoms with E-state index >= 15 is 0 Å². The van der Waals surface area contributed by atoms with Crippen molar-refractivity contribution in [1.29, 1.82) is 0 Å². The largest absolute Gasteiger partial charge is 0.485 e. The molecule has 0 unspecified atom stereocenters. The minimum absolute atomic E-state index is 0.0327. The van der Waals surface area contributed by atoms with Crippen molar-refractivity contribution in [2.24, 2.45) is 0 Å². The average Bonchev–Trinajstić information content (AvgIpc) is 3.23. The zero-order valence-corrected chi connectivity index (χ0v) is 14.4. The lowest BCUT2D eigenvalue weighted by Crippen LogP contribution is -2.48.